The first-order chi connectivity index (χ1) is 13.9. The minimum absolute atomic E-state index is 0.139. The van der Waals surface area contributed by atoms with Crippen molar-refractivity contribution in [3.8, 4) is 11.5 Å². The molecular formula is C22H27N3O4. The number of esters is 1. The van der Waals surface area contributed by atoms with E-state index in [0.717, 1.165) is 16.8 Å². The summed E-state index contributed by atoms with van der Waals surface area (Å²) in [5.74, 6) is 0.838. The molecule has 1 saturated heterocycles. The van der Waals surface area contributed by atoms with Crippen LogP contribution < -0.4 is 19.7 Å². The minimum atomic E-state index is -0.342. The van der Waals surface area contributed by atoms with Crippen LogP contribution >= 0.6 is 0 Å². The third kappa shape index (κ3) is 4.99. The van der Waals surface area contributed by atoms with Crippen LogP contribution in [0, 0.1) is 13.8 Å². The van der Waals surface area contributed by atoms with E-state index in [2.05, 4.69) is 10.2 Å². The number of nitrogens with one attached hydrogen (secondary N) is 1. The summed E-state index contributed by atoms with van der Waals surface area (Å²) < 4.78 is 10.6. The van der Waals surface area contributed by atoms with Crippen molar-refractivity contribution in [1.29, 1.82) is 0 Å². The lowest BCUT2D eigenvalue weighted by Gasteiger charge is -2.36. The summed E-state index contributed by atoms with van der Waals surface area (Å²) in [6.07, 6.45) is 0. The van der Waals surface area contributed by atoms with Crippen molar-refractivity contribution in [2.24, 2.45) is 0 Å². The zero-order valence-electron chi connectivity index (χ0n) is 17.3. The largest absolute Gasteiger partial charge is 0.495 e. The highest BCUT2D eigenvalue weighted by Gasteiger charge is 2.22. The number of piperazine rings is 1. The summed E-state index contributed by atoms with van der Waals surface area (Å²) in [6, 6.07) is 11.2. The van der Waals surface area contributed by atoms with Gasteiger partial charge in [0.25, 0.3) is 0 Å². The Balaban J connectivity index is 1.62. The van der Waals surface area contributed by atoms with Gasteiger partial charge in [-0.1, -0.05) is 6.07 Å². The summed E-state index contributed by atoms with van der Waals surface area (Å²) >= 11 is 0. The molecule has 0 aliphatic carbocycles. The van der Waals surface area contributed by atoms with Gasteiger partial charge in [0.15, 0.2) is 0 Å². The Kier molecular flexibility index (Phi) is 6.26. The summed E-state index contributed by atoms with van der Waals surface area (Å²) in [7, 11) is 1.60. The van der Waals surface area contributed by atoms with Crippen LogP contribution in [0.15, 0.2) is 36.4 Å². The Morgan fingerprint density at radius 2 is 1.69 bits per heavy atom. The SMILES string of the molecule is COc1cc(C)c(C)cc1NC(=O)N1CCN(c2cccc(OC(C)=O)c2)CC1. The van der Waals surface area contributed by atoms with E-state index in [1.54, 1.807) is 18.1 Å². The summed E-state index contributed by atoms with van der Waals surface area (Å²) in [5.41, 5.74) is 3.86. The first kappa shape index (κ1) is 20.5. The van der Waals surface area contributed by atoms with Crippen LogP contribution in [0.3, 0.4) is 0 Å². The molecule has 0 aromatic heterocycles. The number of ether oxygens (including phenoxy) is 2. The highest BCUT2D eigenvalue weighted by molar-refractivity contribution is 5.91. The summed E-state index contributed by atoms with van der Waals surface area (Å²) in [5, 5.41) is 2.97. The second kappa shape index (κ2) is 8.86. The van der Waals surface area contributed by atoms with E-state index >= 15 is 0 Å². The smallest absolute Gasteiger partial charge is 0.322 e. The van der Waals surface area contributed by atoms with Crippen molar-refractivity contribution in [3.63, 3.8) is 0 Å². The lowest BCUT2D eigenvalue weighted by atomic mass is 10.1. The highest BCUT2D eigenvalue weighted by Crippen LogP contribution is 2.28. The fraction of sp³-hybridized carbons (Fsp3) is 0.364. The number of urea groups is 1. The highest BCUT2D eigenvalue weighted by atomic mass is 16.5. The first-order valence-corrected chi connectivity index (χ1v) is 9.62. The molecule has 0 bridgehead atoms. The van der Waals surface area contributed by atoms with Gasteiger partial charge in [0.2, 0.25) is 0 Å². The van der Waals surface area contributed by atoms with Gasteiger partial charge in [0, 0.05) is 44.9 Å². The molecule has 2 amide bonds. The molecule has 7 nitrogen and oxygen atoms in total. The molecule has 7 heteroatoms. The molecule has 3 rings (SSSR count). The van der Waals surface area contributed by atoms with Crippen LogP contribution in [0.2, 0.25) is 0 Å². The van der Waals surface area contributed by atoms with Gasteiger partial charge in [-0.05, 0) is 49.2 Å². The lowest BCUT2D eigenvalue weighted by molar-refractivity contribution is -0.131. The van der Waals surface area contributed by atoms with Crippen molar-refractivity contribution < 1.29 is 19.1 Å². The van der Waals surface area contributed by atoms with Crippen molar-refractivity contribution in [2.45, 2.75) is 20.8 Å². The third-order valence-corrected chi connectivity index (χ3v) is 5.07. The maximum absolute atomic E-state index is 12.7. The van der Waals surface area contributed by atoms with Crippen molar-refractivity contribution in [1.82, 2.24) is 4.90 Å². The average Bonchev–Trinajstić information content (AvgIpc) is 2.70. The molecule has 1 aliphatic heterocycles. The molecule has 0 saturated carbocycles. The molecule has 1 aliphatic rings. The van der Waals surface area contributed by atoms with E-state index in [1.165, 1.54) is 6.92 Å². The summed E-state index contributed by atoms with van der Waals surface area (Å²) in [6.45, 7) is 7.98. The maximum Gasteiger partial charge on any atom is 0.322 e. The number of hydrogen-bond acceptors (Lipinski definition) is 5. The molecule has 0 spiro atoms. The topological polar surface area (TPSA) is 71.1 Å². The minimum Gasteiger partial charge on any atom is -0.495 e. The van der Waals surface area contributed by atoms with Crippen LogP contribution in [0.25, 0.3) is 0 Å². The number of rotatable bonds is 4. The number of benzene rings is 2. The van der Waals surface area contributed by atoms with Crippen molar-refractivity contribution >= 4 is 23.4 Å². The Morgan fingerprint density at radius 3 is 2.34 bits per heavy atom. The molecule has 2 aromatic carbocycles. The van der Waals surface area contributed by atoms with Gasteiger partial charge < -0.3 is 24.6 Å². The molecule has 1 heterocycles. The van der Waals surface area contributed by atoms with E-state index in [9.17, 15) is 9.59 Å². The van der Waals surface area contributed by atoms with Crippen LogP contribution in [0.4, 0.5) is 16.2 Å². The molecule has 0 unspecified atom stereocenters. The van der Waals surface area contributed by atoms with Crippen LogP contribution in [-0.2, 0) is 4.79 Å². The molecule has 29 heavy (non-hydrogen) atoms. The quantitative estimate of drug-likeness (QED) is 0.631. The normalized spacial score (nSPS) is 13.8. The Labute approximate surface area is 171 Å². The Hall–Kier alpha value is -3.22. The van der Waals surface area contributed by atoms with Gasteiger partial charge in [-0.3, -0.25) is 4.79 Å². The van der Waals surface area contributed by atoms with Gasteiger partial charge in [-0.15, -0.1) is 0 Å². The molecule has 0 atom stereocenters. The van der Waals surface area contributed by atoms with E-state index in [-0.39, 0.29) is 12.0 Å². The second-order valence-electron chi connectivity index (χ2n) is 7.13. The lowest BCUT2D eigenvalue weighted by Crippen LogP contribution is -2.50. The monoisotopic (exact) mass is 397 g/mol. The maximum atomic E-state index is 12.7. The zero-order valence-corrected chi connectivity index (χ0v) is 17.3. The molecular weight excluding hydrogens is 370 g/mol. The molecule has 2 aromatic rings. The van der Waals surface area contributed by atoms with E-state index < -0.39 is 0 Å². The van der Waals surface area contributed by atoms with Crippen LogP contribution in [0.5, 0.6) is 11.5 Å². The molecule has 1 fully saturated rings. The number of carbonyl (C=O) groups excluding carboxylic acids is 2. The predicted molar refractivity (Wildman–Crippen MR) is 113 cm³/mol. The standard InChI is InChI=1S/C22H27N3O4/c1-15-12-20(21(28-4)13-16(15)2)23-22(27)25-10-8-24(9-11-25)18-6-5-7-19(14-18)29-17(3)26/h5-7,12-14H,8-11H2,1-4H3,(H,23,27). The average molecular weight is 397 g/mol. The third-order valence-electron chi connectivity index (χ3n) is 5.07. The van der Waals surface area contributed by atoms with Gasteiger partial charge >= 0.3 is 12.0 Å². The number of aryl methyl sites for hydroxylation is 2. The molecule has 0 radical (unpaired) electrons. The predicted octanol–water partition coefficient (Wildman–Crippen LogP) is 3.59. The van der Waals surface area contributed by atoms with E-state index in [0.29, 0.717) is 43.4 Å². The number of anilines is 2. The van der Waals surface area contributed by atoms with E-state index in [4.69, 9.17) is 9.47 Å². The Bertz CT molecular complexity index is 905. The number of methoxy groups -OCH3 is 1. The Morgan fingerprint density at radius 1 is 1.00 bits per heavy atom. The van der Waals surface area contributed by atoms with E-state index in [1.807, 2.05) is 44.2 Å². The van der Waals surface area contributed by atoms with Gasteiger partial charge in [0.05, 0.1) is 12.8 Å². The molecule has 1 N–H and O–H groups in total. The van der Waals surface area contributed by atoms with Crippen LogP contribution in [0.1, 0.15) is 18.1 Å². The number of amides is 2. The van der Waals surface area contributed by atoms with Crippen molar-refractivity contribution in [2.75, 3.05) is 43.5 Å². The van der Waals surface area contributed by atoms with Gasteiger partial charge in [-0.2, -0.15) is 0 Å². The van der Waals surface area contributed by atoms with Crippen LogP contribution in [-0.4, -0.2) is 50.2 Å². The van der Waals surface area contributed by atoms with Gasteiger partial charge in [0.1, 0.15) is 11.5 Å². The second-order valence-corrected chi connectivity index (χ2v) is 7.13. The fourth-order valence-electron chi connectivity index (χ4n) is 3.33. The number of carbonyl (C=O) groups is 2. The van der Waals surface area contributed by atoms with Gasteiger partial charge in [-0.25, -0.2) is 4.79 Å². The first-order valence-electron chi connectivity index (χ1n) is 9.62. The number of nitrogens with zero attached hydrogens (tertiary/aromatic N) is 2. The summed E-state index contributed by atoms with van der Waals surface area (Å²) in [4.78, 5) is 27.9. The number of hydrogen-bond donors (Lipinski definition) is 1. The molecule has 154 valence electrons. The van der Waals surface area contributed by atoms with Crippen molar-refractivity contribution in [3.05, 3.63) is 47.5 Å². The fourth-order valence-corrected chi connectivity index (χ4v) is 3.33. The zero-order chi connectivity index (χ0) is 21.0.